The Balaban J connectivity index is 1.67. The number of guanidine groups is 1. The zero-order valence-corrected chi connectivity index (χ0v) is 12.1. The predicted octanol–water partition coefficient (Wildman–Crippen LogP) is 1.99. The summed E-state index contributed by atoms with van der Waals surface area (Å²) in [5.74, 6) is 0.553. The lowest BCUT2D eigenvalue weighted by molar-refractivity contribution is -0.0375. The Hall–Kier alpha value is -1.07. The van der Waals surface area contributed by atoms with Crippen molar-refractivity contribution in [3.05, 3.63) is 21.9 Å². The Morgan fingerprint density at radius 2 is 2.47 bits per heavy atom. The summed E-state index contributed by atoms with van der Waals surface area (Å²) >= 11 is 1.81. The fraction of sp³-hybridized carbons (Fsp3) is 0.643. The van der Waals surface area contributed by atoms with Gasteiger partial charge in [-0.25, -0.2) is 0 Å². The molecule has 1 aliphatic heterocycles. The molecule has 1 aliphatic carbocycles. The number of thiophene rings is 1. The minimum Gasteiger partial charge on any atom is -0.370 e. The average molecular weight is 279 g/mol. The van der Waals surface area contributed by atoms with Crippen LogP contribution in [-0.2, 0) is 16.8 Å². The van der Waals surface area contributed by atoms with Crippen LogP contribution in [0, 0.1) is 0 Å². The number of ether oxygens (including phenoxy) is 1. The third kappa shape index (κ3) is 2.62. The largest absolute Gasteiger partial charge is 0.370 e. The molecule has 2 heterocycles. The van der Waals surface area contributed by atoms with Crippen molar-refractivity contribution >= 4 is 17.3 Å². The standard InChI is InChI=1S/C14H21N3OS/c1-14(9-16-13(15)17-10-3-2-4-10)11-6-8-19-12(11)5-7-18-14/h6,8,10H,2-5,7,9H2,1H3,(H3,15,16,17). The van der Waals surface area contributed by atoms with Crippen LogP contribution in [0.2, 0.25) is 0 Å². The molecular weight excluding hydrogens is 258 g/mol. The van der Waals surface area contributed by atoms with E-state index < -0.39 is 0 Å². The Morgan fingerprint density at radius 3 is 3.21 bits per heavy atom. The Morgan fingerprint density at radius 1 is 1.63 bits per heavy atom. The highest BCUT2D eigenvalue weighted by Crippen LogP contribution is 2.36. The number of fused-ring (bicyclic) bond motifs is 1. The zero-order chi connectivity index (χ0) is 13.3. The van der Waals surface area contributed by atoms with Crippen LogP contribution in [0.5, 0.6) is 0 Å². The molecule has 0 radical (unpaired) electrons. The molecular formula is C14H21N3OS. The summed E-state index contributed by atoms with van der Waals surface area (Å²) in [5, 5.41) is 5.40. The van der Waals surface area contributed by atoms with Gasteiger partial charge in [-0.05, 0) is 43.2 Å². The topological polar surface area (TPSA) is 59.6 Å². The van der Waals surface area contributed by atoms with Gasteiger partial charge < -0.3 is 15.8 Å². The Kier molecular flexibility index (Phi) is 3.50. The van der Waals surface area contributed by atoms with Crippen molar-refractivity contribution in [3.63, 3.8) is 0 Å². The molecule has 1 saturated carbocycles. The van der Waals surface area contributed by atoms with E-state index in [0.717, 1.165) is 13.0 Å². The number of nitrogens with two attached hydrogens (primary N) is 1. The molecule has 104 valence electrons. The third-order valence-electron chi connectivity index (χ3n) is 4.07. The molecule has 0 saturated heterocycles. The number of nitrogens with one attached hydrogen (secondary N) is 1. The van der Waals surface area contributed by atoms with Crippen molar-refractivity contribution in [2.75, 3.05) is 13.2 Å². The molecule has 0 spiro atoms. The molecule has 0 aromatic carbocycles. The maximum atomic E-state index is 5.96. The zero-order valence-electron chi connectivity index (χ0n) is 11.3. The van der Waals surface area contributed by atoms with E-state index in [9.17, 15) is 0 Å². The van der Waals surface area contributed by atoms with Gasteiger partial charge in [0, 0.05) is 17.3 Å². The maximum Gasteiger partial charge on any atom is 0.188 e. The van der Waals surface area contributed by atoms with Crippen molar-refractivity contribution in [1.82, 2.24) is 5.32 Å². The van der Waals surface area contributed by atoms with Crippen molar-refractivity contribution in [3.8, 4) is 0 Å². The van der Waals surface area contributed by atoms with Gasteiger partial charge in [0.2, 0.25) is 0 Å². The summed E-state index contributed by atoms with van der Waals surface area (Å²) in [4.78, 5) is 5.91. The second-order valence-electron chi connectivity index (χ2n) is 5.56. The number of hydrogen-bond donors (Lipinski definition) is 2. The first-order chi connectivity index (χ1) is 9.17. The molecule has 1 atom stereocenters. The second-order valence-corrected chi connectivity index (χ2v) is 6.56. The molecule has 3 rings (SSSR count). The van der Waals surface area contributed by atoms with E-state index in [2.05, 4.69) is 28.7 Å². The van der Waals surface area contributed by atoms with Crippen LogP contribution in [-0.4, -0.2) is 25.2 Å². The molecule has 1 unspecified atom stereocenters. The first kappa shape index (κ1) is 12.9. The minimum atomic E-state index is -0.320. The summed E-state index contributed by atoms with van der Waals surface area (Å²) in [7, 11) is 0. The van der Waals surface area contributed by atoms with Crippen LogP contribution in [0.25, 0.3) is 0 Å². The maximum absolute atomic E-state index is 5.96. The van der Waals surface area contributed by atoms with Crippen LogP contribution < -0.4 is 11.1 Å². The highest BCUT2D eigenvalue weighted by Gasteiger charge is 2.34. The van der Waals surface area contributed by atoms with E-state index in [0.29, 0.717) is 18.5 Å². The van der Waals surface area contributed by atoms with E-state index in [1.165, 1.54) is 29.7 Å². The van der Waals surface area contributed by atoms with Gasteiger partial charge in [0.15, 0.2) is 5.96 Å². The second kappa shape index (κ2) is 5.13. The fourth-order valence-corrected chi connectivity index (χ4v) is 3.61. The highest BCUT2D eigenvalue weighted by atomic mass is 32.1. The molecule has 1 aromatic heterocycles. The average Bonchev–Trinajstić information content (AvgIpc) is 2.82. The van der Waals surface area contributed by atoms with E-state index >= 15 is 0 Å². The van der Waals surface area contributed by atoms with Gasteiger partial charge in [-0.2, -0.15) is 0 Å². The van der Waals surface area contributed by atoms with Gasteiger partial charge in [0.25, 0.3) is 0 Å². The summed E-state index contributed by atoms with van der Waals surface area (Å²) in [6.45, 7) is 3.47. The van der Waals surface area contributed by atoms with Gasteiger partial charge in [0.05, 0.1) is 13.2 Å². The summed E-state index contributed by atoms with van der Waals surface area (Å²) in [5.41, 5.74) is 6.90. The van der Waals surface area contributed by atoms with Crippen LogP contribution in [0.4, 0.5) is 0 Å². The van der Waals surface area contributed by atoms with Crippen LogP contribution >= 0.6 is 11.3 Å². The molecule has 3 N–H and O–H groups in total. The molecule has 5 heteroatoms. The van der Waals surface area contributed by atoms with Crippen LogP contribution in [0.3, 0.4) is 0 Å². The third-order valence-corrected chi connectivity index (χ3v) is 5.05. The van der Waals surface area contributed by atoms with Gasteiger partial charge in [-0.3, -0.25) is 4.99 Å². The highest BCUT2D eigenvalue weighted by molar-refractivity contribution is 7.10. The number of nitrogens with zero attached hydrogens (tertiary/aromatic N) is 1. The van der Waals surface area contributed by atoms with Crippen LogP contribution in [0.15, 0.2) is 16.4 Å². The van der Waals surface area contributed by atoms with E-state index in [4.69, 9.17) is 10.5 Å². The van der Waals surface area contributed by atoms with Gasteiger partial charge >= 0.3 is 0 Å². The first-order valence-electron chi connectivity index (χ1n) is 6.95. The summed E-state index contributed by atoms with van der Waals surface area (Å²) < 4.78 is 5.96. The quantitative estimate of drug-likeness (QED) is 0.657. The lowest BCUT2D eigenvalue weighted by atomic mass is 9.93. The lowest BCUT2D eigenvalue weighted by Crippen LogP contribution is -2.44. The van der Waals surface area contributed by atoms with E-state index in [1.807, 2.05) is 11.3 Å². The molecule has 1 aromatic rings. The predicted molar refractivity (Wildman–Crippen MR) is 78.6 cm³/mol. The molecule has 1 fully saturated rings. The molecule has 19 heavy (non-hydrogen) atoms. The smallest absolute Gasteiger partial charge is 0.188 e. The van der Waals surface area contributed by atoms with Gasteiger partial charge in [-0.1, -0.05) is 0 Å². The van der Waals surface area contributed by atoms with Crippen LogP contribution in [0.1, 0.15) is 36.6 Å². The van der Waals surface area contributed by atoms with Crippen molar-refractivity contribution < 1.29 is 4.74 Å². The fourth-order valence-electron chi connectivity index (χ4n) is 2.63. The minimum absolute atomic E-state index is 0.320. The van der Waals surface area contributed by atoms with Crippen molar-refractivity contribution in [2.45, 2.75) is 44.2 Å². The number of rotatable bonds is 3. The molecule has 0 amide bonds. The summed E-state index contributed by atoms with van der Waals surface area (Å²) in [6.07, 6.45) is 4.73. The van der Waals surface area contributed by atoms with E-state index in [1.54, 1.807) is 0 Å². The number of aliphatic imine (C=N–C) groups is 1. The lowest BCUT2D eigenvalue weighted by Gasteiger charge is -2.33. The molecule has 2 aliphatic rings. The van der Waals surface area contributed by atoms with Gasteiger partial charge in [-0.15, -0.1) is 11.3 Å². The van der Waals surface area contributed by atoms with Crippen molar-refractivity contribution in [2.24, 2.45) is 10.7 Å². The molecule has 4 nitrogen and oxygen atoms in total. The Bertz CT molecular complexity index is 481. The summed E-state index contributed by atoms with van der Waals surface area (Å²) in [6, 6.07) is 2.69. The Labute approximate surface area is 118 Å². The normalized spacial score (nSPS) is 27.7. The molecule has 0 bridgehead atoms. The van der Waals surface area contributed by atoms with Crippen molar-refractivity contribution in [1.29, 1.82) is 0 Å². The first-order valence-corrected chi connectivity index (χ1v) is 7.83. The monoisotopic (exact) mass is 279 g/mol. The number of hydrogen-bond acceptors (Lipinski definition) is 3. The SMILES string of the molecule is CC1(CN=C(N)NC2CCC2)OCCc2sccc21. The van der Waals surface area contributed by atoms with E-state index in [-0.39, 0.29) is 5.60 Å². The van der Waals surface area contributed by atoms with Gasteiger partial charge in [0.1, 0.15) is 5.60 Å².